The van der Waals surface area contributed by atoms with Gasteiger partial charge in [-0.2, -0.15) is 0 Å². The van der Waals surface area contributed by atoms with E-state index >= 15 is 0 Å². The average Bonchev–Trinajstić information content (AvgIpc) is 3.07. The van der Waals surface area contributed by atoms with Gasteiger partial charge in [0.05, 0.1) is 6.10 Å². The van der Waals surface area contributed by atoms with E-state index in [9.17, 15) is 4.79 Å². The summed E-state index contributed by atoms with van der Waals surface area (Å²) in [4.78, 5) is 19.0. The molecule has 0 unspecified atom stereocenters. The van der Waals surface area contributed by atoms with E-state index in [2.05, 4.69) is 33.1 Å². The smallest absolute Gasteiger partial charge is 0.243 e. The molecule has 0 atom stereocenters. The summed E-state index contributed by atoms with van der Waals surface area (Å²) in [5, 5.41) is 8.68. The fraction of sp³-hybridized carbons (Fsp3) is 0.667. The molecule has 0 fully saturated rings. The van der Waals surface area contributed by atoms with Crippen LogP contribution < -0.4 is 10.6 Å². The van der Waals surface area contributed by atoms with Crippen LogP contribution in [0.3, 0.4) is 0 Å². The molecule has 0 saturated heterocycles. The van der Waals surface area contributed by atoms with Crippen molar-refractivity contribution in [3.05, 3.63) is 22.4 Å². The Kier molecular flexibility index (Phi) is 14.7. The van der Waals surface area contributed by atoms with Crippen LogP contribution in [0.4, 0.5) is 0 Å². The number of unbranched alkanes of at least 4 members (excludes halogenated alkanes) is 1. The highest BCUT2D eigenvalue weighted by Gasteiger charge is 2.05. The minimum absolute atomic E-state index is 0. The van der Waals surface area contributed by atoms with Crippen molar-refractivity contribution in [3.63, 3.8) is 0 Å². The summed E-state index contributed by atoms with van der Waals surface area (Å²) in [6.07, 6.45) is 3.23. The molecule has 0 aliphatic carbocycles. The zero-order valence-electron chi connectivity index (χ0n) is 16.3. The second kappa shape index (κ2) is 15.2. The summed E-state index contributed by atoms with van der Waals surface area (Å²) >= 11 is 1.75. The first-order valence-electron chi connectivity index (χ1n) is 8.85. The molecular formula is C18H33IN4O2S. The molecule has 0 radical (unpaired) electrons. The van der Waals surface area contributed by atoms with E-state index in [-0.39, 0.29) is 42.5 Å². The van der Waals surface area contributed by atoms with Crippen molar-refractivity contribution >= 4 is 47.2 Å². The van der Waals surface area contributed by atoms with Crippen LogP contribution in [0, 0.1) is 0 Å². The molecule has 6 nitrogen and oxygen atoms in total. The Labute approximate surface area is 178 Å². The number of nitrogens with one attached hydrogen (secondary N) is 2. The number of hydrogen-bond acceptors (Lipinski definition) is 4. The largest absolute Gasteiger partial charge is 0.379 e. The maximum absolute atomic E-state index is 11.7. The first-order chi connectivity index (χ1) is 12.0. The van der Waals surface area contributed by atoms with E-state index in [1.165, 1.54) is 4.88 Å². The molecule has 0 saturated carbocycles. The van der Waals surface area contributed by atoms with Gasteiger partial charge in [0, 0.05) is 38.7 Å². The van der Waals surface area contributed by atoms with E-state index in [0.717, 1.165) is 39.0 Å². The van der Waals surface area contributed by atoms with Crippen LogP contribution in [0.2, 0.25) is 0 Å². The predicted octanol–water partition coefficient (Wildman–Crippen LogP) is 2.74. The van der Waals surface area contributed by atoms with Crippen LogP contribution in [-0.2, 0) is 16.0 Å². The molecule has 1 aromatic heterocycles. The van der Waals surface area contributed by atoms with Crippen molar-refractivity contribution in [2.24, 2.45) is 4.99 Å². The molecule has 0 bridgehead atoms. The lowest BCUT2D eigenvalue weighted by Gasteiger charge is -2.14. The number of carbonyl (C=O) groups excluding carboxylic acids is 1. The van der Waals surface area contributed by atoms with Gasteiger partial charge in [-0.15, -0.1) is 35.3 Å². The summed E-state index contributed by atoms with van der Waals surface area (Å²) in [7, 11) is 3.48. The topological polar surface area (TPSA) is 66.0 Å². The Balaban J connectivity index is 0.00000625. The monoisotopic (exact) mass is 496 g/mol. The van der Waals surface area contributed by atoms with Gasteiger partial charge in [0.2, 0.25) is 5.91 Å². The summed E-state index contributed by atoms with van der Waals surface area (Å²) < 4.78 is 5.54. The van der Waals surface area contributed by atoms with E-state index in [4.69, 9.17) is 4.74 Å². The van der Waals surface area contributed by atoms with Gasteiger partial charge in [0.25, 0.3) is 0 Å². The average molecular weight is 496 g/mol. The number of hydrogen-bond donors (Lipinski definition) is 2. The minimum Gasteiger partial charge on any atom is -0.379 e. The summed E-state index contributed by atoms with van der Waals surface area (Å²) in [5.74, 6) is 0.682. The second-order valence-electron chi connectivity index (χ2n) is 6.26. The minimum atomic E-state index is -0.00955. The molecule has 26 heavy (non-hydrogen) atoms. The molecule has 0 aliphatic rings. The van der Waals surface area contributed by atoms with Crippen LogP contribution >= 0.6 is 35.3 Å². The lowest BCUT2D eigenvalue weighted by molar-refractivity contribution is -0.127. The van der Waals surface area contributed by atoms with Gasteiger partial charge in [-0.3, -0.25) is 4.79 Å². The third-order valence-corrected chi connectivity index (χ3v) is 4.37. The molecule has 1 rings (SSSR count). The van der Waals surface area contributed by atoms with Crippen LogP contribution in [-0.4, -0.2) is 63.2 Å². The Morgan fingerprint density at radius 1 is 1.27 bits per heavy atom. The van der Waals surface area contributed by atoms with Crippen molar-refractivity contribution in [1.29, 1.82) is 0 Å². The molecular weight excluding hydrogens is 463 g/mol. The maximum Gasteiger partial charge on any atom is 0.243 e. The van der Waals surface area contributed by atoms with Crippen LogP contribution in [0.15, 0.2) is 22.5 Å². The number of thiophene rings is 1. The number of nitrogens with zero attached hydrogens (tertiary/aromatic N) is 2. The van der Waals surface area contributed by atoms with Crippen molar-refractivity contribution in [3.8, 4) is 0 Å². The van der Waals surface area contributed by atoms with E-state index in [1.54, 1.807) is 30.3 Å². The Morgan fingerprint density at radius 3 is 2.62 bits per heavy atom. The first kappa shape index (κ1) is 25.1. The molecule has 1 heterocycles. The fourth-order valence-electron chi connectivity index (χ4n) is 1.97. The molecule has 1 amide bonds. The highest BCUT2D eigenvalue weighted by Crippen LogP contribution is 2.07. The standard InChI is InChI=1S/C18H32N4O2S.HI/c1-15(2)24-12-6-5-10-19-18(21-14-17(23)22(3)4)20-11-9-16-8-7-13-25-16;/h7-8,13,15H,5-6,9-12,14H2,1-4H3,(H2,19,20,21);1H. The van der Waals surface area contributed by atoms with Gasteiger partial charge >= 0.3 is 0 Å². The Bertz CT molecular complexity index is 507. The quantitative estimate of drug-likeness (QED) is 0.214. The number of rotatable bonds is 11. The Hall–Kier alpha value is -0.870. The fourth-order valence-corrected chi connectivity index (χ4v) is 2.68. The number of guanidine groups is 1. The van der Waals surface area contributed by atoms with Gasteiger partial charge in [-0.1, -0.05) is 6.07 Å². The molecule has 1 aromatic rings. The molecule has 2 N–H and O–H groups in total. The summed E-state index contributed by atoms with van der Waals surface area (Å²) in [6.45, 7) is 6.61. The zero-order chi connectivity index (χ0) is 18.5. The van der Waals surface area contributed by atoms with E-state index in [1.807, 2.05) is 13.8 Å². The molecule has 0 spiro atoms. The Morgan fingerprint density at radius 2 is 2.00 bits per heavy atom. The lowest BCUT2D eigenvalue weighted by Crippen LogP contribution is -2.40. The number of aliphatic imine (C=N–C) groups is 1. The zero-order valence-corrected chi connectivity index (χ0v) is 19.4. The highest BCUT2D eigenvalue weighted by molar-refractivity contribution is 14.0. The van der Waals surface area contributed by atoms with Gasteiger partial charge in [-0.05, 0) is 44.6 Å². The van der Waals surface area contributed by atoms with Gasteiger partial charge in [0.1, 0.15) is 6.54 Å². The SMILES string of the molecule is CC(C)OCCCCNC(=NCC(=O)N(C)C)NCCc1cccs1.I. The van der Waals surface area contributed by atoms with E-state index < -0.39 is 0 Å². The molecule has 8 heteroatoms. The number of likely N-dealkylation sites (N-methyl/N-ethyl adjacent to an activating group) is 1. The van der Waals surface area contributed by atoms with Crippen molar-refractivity contribution < 1.29 is 9.53 Å². The predicted molar refractivity (Wildman–Crippen MR) is 121 cm³/mol. The van der Waals surface area contributed by atoms with Crippen LogP contribution in [0.1, 0.15) is 31.6 Å². The summed E-state index contributed by atoms with van der Waals surface area (Å²) in [6, 6.07) is 4.18. The van der Waals surface area contributed by atoms with E-state index in [0.29, 0.717) is 5.96 Å². The van der Waals surface area contributed by atoms with Gasteiger partial charge < -0.3 is 20.3 Å². The first-order valence-corrected chi connectivity index (χ1v) is 9.73. The number of ether oxygens (including phenoxy) is 1. The normalized spacial score (nSPS) is 11.2. The third kappa shape index (κ3) is 12.5. The number of halogens is 1. The molecule has 0 aliphatic heterocycles. The number of amides is 1. The summed E-state index contributed by atoms with van der Waals surface area (Å²) in [5.41, 5.74) is 0. The highest BCUT2D eigenvalue weighted by atomic mass is 127. The lowest BCUT2D eigenvalue weighted by atomic mass is 10.3. The van der Waals surface area contributed by atoms with Gasteiger partial charge in [0.15, 0.2) is 5.96 Å². The molecule has 0 aromatic carbocycles. The van der Waals surface area contributed by atoms with Crippen LogP contribution in [0.25, 0.3) is 0 Å². The van der Waals surface area contributed by atoms with Crippen molar-refractivity contribution in [1.82, 2.24) is 15.5 Å². The number of carbonyl (C=O) groups is 1. The van der Waals surface area contributed by atoms with Crippen molar-refractivity contribution in [2.75, 3.05) is 40.3 Å². The third-order valence-electron chi connectivity index (χ3n) is 3.43. The maximum atomic E-state index is 11.7. The second-order valence-corrected chi connectivity index (χ2v) is 7.29. The molecule has 150 valence electrons. The van der Waals surface area contributed by atoms with Crippen molar-refractivity contribution in [2.45, 2.75) is 39.2 Å². The van der Waals surface area contributed by atoms with Crippen LogP contribution in [0.5, 0.6) is 0 Å². The van der Waals surface area contributed by atoms with Gasteiger partial charge in [-0.25, -0.2) is 4.99 Å².